The van der Waals surface area contributed by atoms with Crippen molar-refractivity contribution >= 4 is 17.3 Å². The molecule has 2 N–H and O–H groups in total. The highest BCUT2D eigenvalue weighted by atomic mass is 19.1. The maximum atomic E-state index is 13.7. The summed E-state index contributed by atoms with van der Waals surface area (Å²) in [5.41, 5.74) is 0.981. The topological polar surface area (TPSA) is 66.9 Å². The summed E-state index contributed by atoms with van der Waals surface area (Å²) in [4.78, 5) is 20.2. The lowest BCUT2D eigenvalue weighted by molar-refractivity contribution is 0.0950. The molecule has 0 bridgehead atoms. The van der Waals surface area contributed by atoms with Crippen LogP contribution in [0.5, 0.6) is 0 Å². The van der Waals surface area contributed by atoms with Crippen molar-refractivity contribution in [1.29, 1.82) is 0 Å². The summed E-state index contributed by atoms with van der Waals surface area (Å²) in [5.74, 6) is -1.83. The lowest BCUT2D eigenvalue weighted by Gasteiger charge is -2.10. The van der Waals surface area contributed by atoms with Gasteiger partial charge in [-0.05, 0) is 30.3 Å². The Hall–Kier alpha value is -3.35. The van der Waals surface area contributed by atoms with E-state index in [0.29, 0.717) is 11.4 Å². The second-order valence-electron chi connectivity index (χ2n) is 5.19. The number of carbonyl (C=O) groups is 1. The molecule has 3 rings (SSSR count). The first-order valence-corrected chi connectivity index (χ1v) is 7.47. The maximum Gasteiger partial charge on any atom is 0.253 e. The molecule has 0 atom stereocenters. The Morgan fingerprint density at radius 2 is 1.84 bits per heavy atom. The highest BCUT2D eigenvalue weighted by molar-refractivity contribution is 5.94. The lowest BCUT2D eigenvalue weighted by atomic mass is 10.2. The number of para-hydroxylation sites is 1. The van der Waals surface area contributed by atoms with Gasteiger partial charge in [-0.15, -0.1) is 0 Å². The molecule has 1 amide bonds. The lowest BCUT2D eigenvalue weighted by Crippen LogP contribution is -2.23. The van der Waals surface area contributed by atoms with Crippen LogP contribution in [-0.4, -0.2) is 15.9 Å². The number of halogens is 2. The van der Waals surface area contributed by atoms with Crippen LogP contribution in [-0.2, 0) is 6.54 Å². The first-order valence-electron chi connectivity index (χ1n) is 7.47. The van der Waals surface area contributed by atoms with E-state index < -0.39 is 11.6 Å². The molecule has 0 aliphatic rings. The third-order valence-electron chi connectivity index (χ3n) is 3.39. The molecule has 0 fully saturated rings. The number of hydrogen-bond acceptors (Lipinski definition) is 4. The predicted molar refractivity (Wildman–Crippen MR) is 89.3 cm³/mol. The van der Waals surface area contributed by atoms with Gasteiger partial charge in [-0.25, -0.2) is 8.78 Å². The van der Waals surface area contributed by atoms with Crippen molar-refractivity contribution in [3.63, 3.8) is 0 Å². The molecule has 2 aromatic heterocycles. The number of anilines is 2. The minimum absolute atomic E-state index is 0.262. The third-order valence-corrected chi connectivity index (χ3v) is 3.39. The van der Waals surface area contributed by atoms with Gasteiger partial charge in [0.2, 0.25) is 0 Å². The number of carbonyl (C=O) groups excluding carboxylic acids is 1. The van der Waals surface area contributed by atoms with E-state index in [4.69, 9.17) is 0 Å². The van der Waals surface area contributed by atoms with Gasteiger partial charge in [0.05, 0.1) is 29.7 Å². The highest BCUT2D eigenvalue weighted by Gasteiger charge is 2.11. The van der Waals surface area contributed by atoms with Gasteiger partial charge in [0.15, 0.2) is 0 Å². The summed E-state index contributed by atoms with van der Waals surface area (Å²) < 4.78 is 27.4. The zero-order valence-electron chi connectivity index (χ0n) is 13.0. The number of aromatic nitrogens is 2. The molecule has 0 unspecified atom stereocenters. The Balaban J connectivity index is 1.72. The summed E-state index contributed by atoms with van der Waals surface area (Å²) in [7, 11) is 0. The number of nitrogens with one attached hydrogen (secondary N) is 2. The fourth-order valence-electron chi connectivity index (χ4n) is 2.17. The molecule has 0 aliphatic carbocycles. The molecule has 0 saturated carbocycles. The maximum absolute atomic E-state index is 13.7. The molecular weight excluding hydrogens is 326 g/mol. The van der Waals surface area contributed by atoms with Crippen LogP contribution in [0.15, 0.2) is 61.1 Å². The largest absolute Gasteiger partial charge is 0.349 e. The average molecular weight is 340 g/mol. The SMILES string of the molecule is O=C(NCc1ccccn1)c1cncc(Nc2c(F)cccc2F)c1. The number of rotatable bonds is 5. The minimum atomic E-state index is -0.731. The molecule has 5 nitrogen and oxygen atoms in total. The van der Waals surface area contributed by atoms with E-state index in [1.54, 1.807) is 18.3 Å². The van der Waals surface area contributed by atoms with Crippen molar-refractivity contribution in [2.75, 3.05) is 5.32 Å². The third kappa shape index (κ3) is 4.14. The van der Waals surface area contributed by atoms with E-state index in [1.807, 2.05) is 6.07 Å². The number of benzene rings is 1. The highest BCUT2D eigenvalue weighted by Crippen LogP contribution is 2.23. The summed E-state index contributed by atoms with van der Waals surface area (Å²) >= 11 is 0. The van der Waals surface area contributed by atoms with Crippen LogP contribution in [0.1, 0.15) is 16.1 Å². The van der Waals surface area contributed by atoms with E-state index in [0.717, 1.165) is 12.1 Å². The van der Waals surface area contributed by atoms with Crippen LogP contribution in [0.3, 0.4) is 0 Å². The first-order chi connectivity index (χ1) is 12.1. The minimum Gasteiger partial charge on any atom is -0.349 e. The van der Waals surface area contributed by atoms with Gasteiger partial charge in [-0.3, -0.25) is 14.8 Å². The van der Waals surface area contributed by atoms with Gasteiger partial charge in [0, 0.05) is 12.4 Å². The standard InChI is InChI=1S/C18H14F2N4O/c19-15-5-3-6-16(20)17(15)24-14-8-12(9-21-10-14)18(25)23-11-13-4-1-2-7-22-13/h1-10,24H,11H2,(H,23,25). The Bertz CT molecular complexity index is 867. The quantitative estimate of drug-likeness (QED) is 0.747. The molecule has 2 heterocycles. The molecule has 0 saturated heterocycles. The first kappa shape index (κ1) is 16.5. The number of hydrogen-bond donors (Lipinski definition) is 2. The van der Waals surface area contributed by atoms with Crippen molar-refractivity contribution in [3.8, 4) is 0 Å². The Kier molecular flexibility index (Phi) is 4.94. The van der Waals surface area contributed by atoms with E-state index in [9.17, 15) is 13.6 Å². The van der Waals surface area contributed by atoms with Gasteiger partial charge < -0.3 is 10.6 Å². The second kappa shape index (κ2) is 7.48. The second-order valence-corrected chi connectivity index (χ2v) is 5.19. The van der Waals surface area contributed by atoms with Crippen molar-refractivity contribution < 1.29 is 13.6 Å². The molecule has 0 spiro atoms. The molecule has 0 aliphatic heterocycles. The zero-order valence-corrected chi connectivity index (χ0v) is 13.0. The number of nitrogens with zero attached hydrogens (tertiary/aromatic N) is 2. The van der Waals surface area contributed by atoms with E-state index >= 15 is 0 Å². The Morgan fingerprint density at radius 1 is 1.04 bits per heavy atom. The fourth-order valence-corrected chi connectivity index (χ4v) is 2.17. The summed E-state index contributed by atoms with van der Waals surface area (Å²) in [6, 6.07) is 10.4. The number of pyridine rings is 2. The van der Waals surface area contributed by atoms with E-state index in [1.165, 1.54) is 24.5 Å². The summed E-state index contributed by atoms with van der Waals surface area (Å²) in [6.07, 6.45) is 4.38. The normalized spacial score (nSPS) is 10.3. The molecule has 3 aromatic rings. The molecule has 7 heteroatoms. The number of amides is 1. The van der Waals surface area contributed by atoms with Crippen LogP contribution >= 0.6 is 0 Å². The van der Waals surface area contributed by atoms with E-state index in [-0.39, 0.29) is 23.7 Å². The zero-order chi connectivity index (χ0) is 17.6. The molecular formula is C18H14F2N4O. The summed E-state index contributed by atoms with van der Waals surface area (Å²) in [6.45, 7) is 0.263. The van der Waals surface area contributed by atoms with Crippen LogP contribution in [0.25, 0.3) is 0 Å². The van der Waals surface area contributed by atoms with Crippen molar-refractivity contribution in [2.24, 2.45) is 0 Å². The van der Waals surface area contributed by atoms with Crippen LogP contribution in [0.2, 0.25) is 0 Å². The van der Waals surface area contributed by atoms with Gasteiger partial charge in [-0.2, -0.15) is 0 Å². The van der Waals surface area contributed by atoms with Crippen molar-refractivity contribution in [1.82, 2.24) is 15.3 Å². The fraction of sp³-hybridized carbons (Fsp3) is 0.0556. The molecule has 1 aromatic carbocycles. The van der Waals surface area contributed by atoms with Gasteiger partial charge in [0.25, 0.3) is 5.91 Å². The van der Waals surface area contributed by atoms with Crippen LogP contribution < -0.4 is 10.6 Å². The van der Waals surface area contributed by atoms with Crippen molar-refractivity contribution in [3.05, 3.63) is 83.9 Å². The van der Waals surface area contributed by atoms with Crippen LogP contribution in [0, 0.1) is 11.6 Å². The van der Waals surface area contributed by atoms with E-state index in [2.05, 4.69) is 20.6 Å². The average Bonchev–Trinajstić information content (AvgIpc) is 2.64. The van der Waals surface area contributed by atoms with Crippen LogP contribution in [0.4, 0.5) is 20.2 Å². The summed E-state index contributed by atoms with van der Waals surface area (Å²) in [5, 5.41) is 5.32. The van der Waals surface area contributed by atoms with Gasteiger partial charge >= 0.3 is 0 Å². The molecule has 25 heavy (non-hydrogen) atoms. The Labute approximate surface area is 142 Å². The monoisotopic (exact) mass is 340 g/mol. The van der Waals surface area contributed by atoms with Crippen molar-refractivity contribution in [2.45, 2.75) is 6.54 Å². The Morgan fingerprint density at radius 3 is 2.56 bits per heavy atom. The smallest absolute Gasteiger partial charge is 0.253 e. The van der Waals surface area contributed by atoms with Gasteiger partial charge in [0.1, 0.15) is 17.3 Å². The molecule has 126 valence electrons. The molecule has 0 radical (unpaired) electrons. The van der Waals surface area contributed by atoms with Gasteiger partial charge in [-0.1, -0.05) is 12.1 Å². The predicted octanol–water partition coefficient (Wildman–Crippen LogP) is 3.43.